The van der Waals surface area contributed by atoms with Crippen molar-refractivity contribution >= 4 is 15.6 Å². The molecule has 4 heteroatoms. The van der Waals surface area contributed by atoms with Gasteiger partial charge in [-0.2, -0.15) is 0 Å². The molecule has 17 heavy (non-hydrogen) atoms. The van der Waals surface area contributed by atoms with Crippen LogP contribution in [-0.2, 0) is 14.6 Å². The molecule has 1 aromatic rings. The lowest BCUT2D eigenvalue weighted by Crippen LogP contribution is -2.12. The van der Waals surface area contributed by atoms with Gasteiger partial charge in [-0.15, -0.1) is 0 Å². The third kappa shape index (κ3) is 2.94. The minimum atomic E-state index is -3.11. The summed E-state index contributed by atoms with van der Waals surface area (Å²) in [6, 6.07) is 7.05. The van der Waals surface area contributed by atoms with E-state index in [4.69, 9.17) is 0 Å². The second-order valence-electron chi connectivity index (χ2n) is 4.65. The first-order valence-corrected chi connectivity index (χ1v) is 7.67. The van der Waals surface area contributed by atoms with Crippen molar-refractivity contribution in [1.82, 2.24) is 0 Å². The molecule has 2 rings (SSSR count). The lowest BCUT2D eigenvalue weighted by atomic mass is 9.83. The first-order valence-electron chi connectivity index (χ1n) is 5.78. The second-order valence-corrected chi connectivity index (χ2v) is 6.67. The molecule has 0 N–H and O–H groups in total. The number of rotatable bonds is 2. The van der Waals surface area contributed by atoms with Crippen molar-refractivity contribution < 1.29 is 13.2 Å². The zero-order valence-corrected chi connectivity index (χ0v) is 10.7. The third-order valence-corrected chi connectivity index (χ3v) is 4.45. The molecule has 0 aliphatic heterocycles. The summed E-state index contributed by atoms with van der Waals surface area (Å²) in [5, 5.41) is 0. The van der Waals surface area contributed by atoms with Crippen LogP contribution in [0, 0.1) is 0 Å². The second kappa shape index (κ2) is 4.61. The highest BCUT2D eigenvalue weighted by molar-refractivity contribution is 7.90. The molecule has 0 spiro atoms. The summed E-state index contributed by atoms with van der Waals surface area (Å²) in [5.74, 6) is 0.746. The molecular formula is C13H16O3S. The van der Waals surface area contributed by atoms with Crippen LogP contribution in [0.2, 0.25) is 0 Å². The number of sulfone groups is 1. The van der Waals surface area contributed by atoms with E-state index in [0.717, 1.165) is 18.4 Å². The lowest BCUT2D eigenvalue weighted by molar-refractivity contribution is -0.120. The molecule has 0 radical (unpaired) electrons. The van der Waals surface area contributed by atoms with Gasteiger partial charge in [0.25, 0.3) is 0 Å². The van der Waals surface area contributed by atoms with Crippen LogP contribution in [0.3, 0.4) is 0 Å². The largest absolute Gasteiger partial charge is 0.300 e. The number of Topliss-reactive ketones (excluding diaryl/α,β-unsaturated/α-hetero) is 1. The van der Waals surface area contributed by atoms with Crippen molar-refractivity contribution in [2.24, 2.45) is 0 Å². The Kier molecular flexibility index (Phi) is 3.33. The van der Waals surface area contributed by atoms with Gasteiger partial charge < -0.3 is 0 Å². The van der Waals surface area contributed by atoms with Crippen LogP contribution < -0.4 is 0 Å². The highest BCUT2D eigenvalue weighted by Gasteiger charge is 2.20. The van der Waals surface area contributed by atoms with E-state index in [1.807, 2.05) is 12.1 Å². The van der Waals surface area contributed by atoms with E-state index in [1.165, 1.54) is 6.26 Å². The third-order valence-electron chi connectivity index (χ3n) is 3.32. The molecule has 0 bridgehead atoms. The van der Waals surface area contributed by atoms with Gasteiger partial charge in [0.15, 0.2) is 9.84 Å². The number of carbonyl (C=O) groups excluding carboxylic acids is 1. The zero-order valence-electron chi connectivity index (χ0n) is 9.85. The summed E-state index contributed by atoms with van der Waals surface area (Å²) in [7, 11) is -3.11. The van der Waals surface area contributed by atoms with E-state index in [1.54, 1.807) is 12.1 Å². The fraction of sp³-hybridized carbons (Fsp3) is 0.462. The molecule has 1 aliphatic carbocycles. The predicted octanol–water partition coefficient (Wildman–Crippen LogP) is 2.32. The zero-order chi connectivity index (χ0) is 12.5. The maximum Gasteiger partial charge on any atom is 0.175 e. The Balaban J connectivity index is 2.16. The Hall–Kier alpha value is -1.16. The molecule has 1 aliphatic rings. The van der Waals surface area contributed by atoms with E-state index in [9.17, 15) is 13.2 Å². The summed E-state index contributed by atoms with van der Waals surface area (Å²) in [6.07, 6.45) is 4.28. The highest BCUT2D eigenvalue weighted by atomic mass is 32.2. The maximum absolute atomic E-state index is 11.3. The van der Waals surface area contributed by atoms with E-state index in [0.29, 0.717) is 29.4 Å². The smallest absolute Gasteiger partial charge is 0.175 e. The van der Waals surface area contributed by atoms with Gasteiger partial charge in [0.2, 0.25) is 0 Å². The van der Waals surface area contributed by atoms with Crippen molar-refractivity contribution in [3.8, 4) is 0 Å². The predicted molar refractivity (Wildman–Crippen MR) is 65.8 cm³/mol. The van der Waals surface area contributed by atoms with E-state index in [-0.39, 0.29) is 0 Å². The van der Waals surface area contributed by atoms with Gasteiger partial charge in [-0.05, 0) is 36.5 Å². The number of ketones is 1. The van der Waals surface area contributed by atoms with Gasteiger partial charge >= 0.3 is 0 Å². The Bertz CT molecular complexity index is 504. The number of hydrogen-bond donors (Lipinski definition) is 0. The number of carbonyl (C=O) groups is 1. The molecule has 92 valence electrons. The summed E-state index contributed by atoms with van der Waals surface area (Å²) in [4.78, 5) is 11.5. The van der Waals surface area contributed by atoms with Crippen molar-refractivity contribution in [2.75, 3.05) is 6.26 Å². The lowest BCUT2D eigenvalue weighted by Gasteiger charge is -2.21. The van der Waals surface area contributed by atoms with Gasteiger partial charge in [-0.1, -0.05) is 12.1 Å². The van der Waals surface area contributed by atoms with Gasteiger partial charge in [0, 0.05) is 19.1 Å². The average molecular weight is 252 g/mol. The van der Waals surface area contributed by atoms with Crippen molar-refractivity contribution in [1.29, 1.82) is 0 Å². The van der Waals surface area contributed by atoms with Crippen LogP contribution in [0.25, 0.3) is 0 Å². The van der Waals surface area contributed by atoms with Crippen LogP contribution >= 0.6 is 0 Å². The van der Waals surface area contributed by atoms with E-state index < -0.39 is 9.84 Å². The number of benzene rings is 1. The standard InChI is InChI=1S/C13H16O3S/c1-17(15,16)13-8-4-11(5-9-13)10-2-6-12(14)7-3-10/h4-5,8-10H,2-3,6-7H2,1H3. The van der Waals surface area contributed by atoms with Crippen LogP contribution in [0.1, 0.15) is 37.2 Å². The van der Waals surface area contributed by atoms with Crippen LogP contribution in [0.4, 0.5) is 0 Å². The Labute approximate surface area is 102 Å². The first kappa shape index (κ1) is 12.3. The Morgan fingerprint density at radius 1 is 1.06 bits per heavy atom. The van der Waals surface area contributed by atoms with Crippen LogP contribution in [0.5, 0.6) is 0 Å². The SMILES string of the molecule is CS(=O)(=O)c1ccc(C2CCC(=O)CC2)cc1. The summed E-state index contributed by atoms with van der Waals surface area (Å²) in [6.45, 7) is 0. The molecule has 1 saturated carbocycles. The molecule has 0 amide bonds. The fourth-order valence-corrected chi connectivity index (χ4v) is 2.89. The van der Waals surface area contributed by atoms with Crippen molar-refractivity contribution in [3.05, 3.63) is 29.8 Å². The summed E-state index contributed by atoms with van der Waals surface area (Å²) < 4.78 is 22.6. The Morgan fingerprint density at radius 3 is 2.06 bits per heavy atom. The molecule has 0 unspecified atom stereocenters. The van der Waals surface area contributed by atoms with Gasteiger partial charge in [-0.3, -0.25) is 4.79 Å². The van der Waals surface area contributed by atoms with Gasteiger partial charge in [-0.25, -0.2) is 8.42 Å². The monoisotopic (exact) mass is 252 g/mol. The highest BCUT2D eigenvalue weighted by Crippen LogP contribution is 2.31. The molecule has 1 fully saturated rings. The van der Waals surface area contributed by atoms with E-state index in [2.05, 4.69) is 0 Å². The first-order chi connectivity index (χ1) is 7.97. The fourth-order valence-electron chi connectivity index (χ4n) is 2.26. The summed E-state index contributed by atoms with van der Waals surface area (Å²) in [5.41, 5.74) is 1.14. The number of hydrogen-bond acceptors (Lipinski definition) is 3. The minimum absolute atomic E-state index is 0.342. The average Bonchev–Trinajstić information content (AvgIpc) is 2.29. The summed E-state index contributed by atoms with van der Waals surface area (Å²) >= 11 is 0. The van der Waals surface area contributed by atoms with Crippen LogP contribution in [0.15, 0.2) is 29.2 Å². The van der Waals surface area contributed by atoms with Crippen LogP contribution in [-0.4, -0.2) is 20.5 Å². The normalized spacial score (nSPS) is 18.3. The van der Waals surface area contributed by atoms with Gasteiger partial charge in [0.05, 0.1) is 4.90 Å². The van der Waals surface area contributed by atoms with E-state index >= 15 is 0 Å². The Morgan fingerprint density at radius 2 is 1.59 bits per heavy atom. The maximum atomic E-state index is 11.3. The van der Waals surface area contributed by atoms with Crippen molar-refractivity contribution in [3.63, 3.8) is 0 Å². The molecule has 0 heterocycles. The van der Waals surface area contributed by atoms with Crippen molar-refractivity contribution in [2.45, 2.75) is 36.5 Å². The topological polar surface area (TPSA) is 51.2 Å². The molecule has 0 saturated heterocycles. The molecule has 0 atom stereocenters. The molecule has 3 nitrogen and oxygen atoms in total. The molecule has 1 aromatic carbocycles. The quantitative estimate of drug-likeness (QED) is 0.811. The minimum Gasteiger partial charge on any atom is -0.300 e. The molecule has 0 aromatic heterocycles. The molecular weight excluding hydrogens is 236 g/mol. The van der Waals surface area contributed by atoms with Gasteiger partial charge in [0.1, 0.15) is 5.78 Å².